The Morgan fingerprint density at radius 1 is 1.03 bits per heavy atom. The third kappa shape index (κ3) is 4.67. The average molecular weight is 465 g/mol. The Morgan fingerprint density at radius 2 is 1.79 bits per heavy atom. The number of nitrogens with zero attached hydrogens (tertiary/aromatic N) is 5. The molecular weight excluding hydrogens is 436 g/mol. The third-order valence-corrected chi connectivity index (χ3v) is 6.16. The van der Waals surface area contributed by atoms with E-state index >= 15 is 0 Å². The van der Waals surface area contributed by atoms with Crippen LogP contribution in [0.15, 0.2) is 30.3 Å². The normalized spacial score (nSPS) is 14.9. The largest absolute Gasteiger partial charge is 0.454 e. The number of amides is 1. The number of nitrogens with one attached hydrogen (secondary N) is 1. The van der Waals surface area contributed by atoms with Crippen molar-refractivity contribution in [2.24, 2.45) is 0 Å². The Morgan fingerprint density at radius 3 is 2.59 bits per heavy atom. The molecule has 1 saturated heterocycles. The van der Waals surface area contributed by atoms with Crippen molar-refractivity contribution in [1.29, 1.82) is 0 Å². The van der Waals surface area contributed by atoms with E-state index in [1.165, 1.54) is 0 Å². The van der Waals surface area contributed by atoms with Crippen LogP contribution >= 0.6 is 0 Å². The molecule has 34 heavy (non-hydrogen) atoms. The molecule has 0 atom stereocenters. The quantitative estimate of drug-likeness (QED) is 0.567. The van der Waals surface area contributed by atoms with Gasteiger partial charge in [0.15, 0.2) is 23.1 Å². The predicted octanol–water partition coefficient (Wildman–Crippen LogP) is 2.09. The van der Waals surface area contributed by atoms with E-state index in [9.17, 15) is 4.79 Å². The molecule has 0 radical (unpaired) electrons. The molecule has 0 unspecified atom stereocenters. The number of aromatic nitrogens is 4. The molecule has 4 heterocycles. The first-order valence-electron chi connectivity index (χ1n) is 11.5. The molecule has 1 fully saturated rings. The lowest BCUT2D eigenvalue weighted by atomic mass is 10.1. The van der Waals surface area contributed by atoms with Gasteiger partial charge in [-0.25, -0.2) is 4.68 Å². The highest BCUT2D eigenvalue weighted by Crippen LogP contribution is 2.32. The Balaban J connectivity index is 1.19. The van der Waals surface area contributed by atoms with Crippen LogP contribution in [0, 0.1) is 13.8 Å². The number of hydrogen-bond donors (Lipinski definition) is 1. The van der Waals surface area contributed by atoms with Crippen molar-refractivity contribution in [2.45, 2.75) is 33.2 Å². The minimum atomic E-state index is -0.0149. The molecule has 0 saturated carbocycles. The van der Waals surface area contributed by atoms with Gasteiger partial charge in [0.1, 0.15) is 0 Å². The first-order chi connectivity index (χ1) is 16.6. The fourth-order valence-corrected chi connectivity index (χ4v) is 4.23. The molecular formula is C24H28N6O4. The first kappa shape index (κ1) is 22.1. The number of anilines is 1. The van der Waals surface area contributed by atoms with Crippen LogP contribution < -0.4 is 19.7 Å². The third-order valence-electron chi connectivity index (χ3n) is 6.16. The zero-order valence-corrected chi connectivity index (χ0v) is 19.4. The molecule has 1 aromatic carbocycles. The maximum Gasteiger partial charge on any atom is 0.231 e. The van der Waals surface area contributed by atoms with Crippen LogP contribution in [-0.4, -0.2) is 59.0 Å². The standard InChI is InChI=1S/C24H28N6O4/c1-16-19(4-8-24(31)25-14-18-3-5-20-21(13-18)34-15-33-20)17(2)30(28-16)23-7-6-22(26-27-23)29-9-11-32-12-10-29/h3,5-7,13H,4,8-12,14-15H2,1-2H3,(H,25,31). The maximum absolute atomic E-state index is 12.5. The zero-order chi connectivity index (χ0) is 23.5. The molecule has 10 nitrogen and oxygen atoms in total. The van der Waals surface area contributed by atoms with Gasteiger partial charge < -0.3 is 24.4 Å². The van der Waals surface area contributed by atoms with E-state index in [0.717, 1.165) is 47.2 Å². The second-order valence-electron chi connectivity index (χ2n) is 8.37. The van der Waals surface area contributed by atoms with E-state index in [1.807, 2.05) is 44.2 Å². The van der Waals surface area contributed by atoms with E-state index < -0.39 is 0 Å². The van der Waals surface area contributed by atoms with Crippen molar-refractivity contribution in [3.05, 3.63) is 52.8 Å². The van der Waals surface area contributed by atoms with Crippen molar-refractivity contribution in [1.82, 2.24) is 25.3 Å². The van der Waals surface area contributed by atoms with Crippen molar-refractivity contribution < 1.29 is 19.0 Å². The number of benzene rings is 1. The molecule has 0 bridgehead atoms. The summed E-state index contributed by atoms with van der Waals surface area (Å²) in [4.78, 5) is 14.6. The van der Waals surface area contributed by atoms with Gasteiger partial charge in [-0.05, 0) is 55.7 Å². The minimum Gasteiger partial charge on any atom is -0.454 e. The summed E-state index contributed by atoms with van der Waals surface area (Å²) in [5.41, 5.74) is 3.88. The zero-order valence-electron chi connectivity index (χ0n) is 19.4. The summed E-state index contributed by atoms with van der Waals surface area (Å²) >= 11 is 0. The van der Waals surface area contributed by atoms with Crippen molar-refractivity contribution in [2.75, 3.05) is 38.0 Å². The van der Waals surface area contributed by atoms with Crippen LogP contribution in [0.3, 0.4) is 0 Å². The predicted molar refractivity (Wildman–Crippen MR) is 124 cm³/mol. The minimum absolute atomic E-state index is 0.0149. The fraction of sp³-hybridized carbons (Fsp3) is 0.417. The first-order valence-corrected chi connectivity index (χ1v) is 11.5. The number of morpholine rings is 1. The summed E-state index contributed by atoms with van der Waals surface area (Å²) in [6, 6.07) is 9.58. The van der Waals surface area contributed by atoms with Gasteiger partial charge in [0.2, 0.25) is 12.7 Å². The lowest BCUT2D eigenvalue weighted by Crippen LogP contribution is -2.36. The van der Waals surface area contributed by atoms with Crippen molar-refractivity contribution in [3.63, 3.8) is 0 Å². The number of aryl methyl sites for hydroxylation is 1. The second kappa shape index (κ2) is 9.68. The summed E-state index contributed by atoms with van der Waals surface area (Å²) < 4.78 is 17.9. The molecule has 2 aliphatic rings. The summed E-state index contributed by atoms with van der Waals surface area (Å²) in [6.45, 7) is 7.67. The van der Waals surface area contributed by atoms with Crippen molar-refractivity contribution in [3.8, 4) is 17.3 Å². The van der Waals surface area contributed by atoms with E-state index in [4.69, 9.17) is 14.2 Å². The van der Waals surface area contributed by atoms with Gasteiger partial charge in [-0.1, -0.05) is 6.07 Å². The van der Waals surface area contributed by atoms with Crippen molar-refractivity contribution >= 4 is 11.7 Å². The molecule has 0 aliphatic carbocycles. The number of ether oxygens (including phenoxy) is 3. The summed E-state index contributed by atoms with van der Waals surface area (Å²) in [5, 5.41) is 16.4. The van der Waals surface area contributed by atoms with Gasteiger partial charge in [-0.2, -0.15) is 5.10 Å². The average Bonchev–Trinajstić information content (AvgIpc) is 3.45. The molecule has 1 amide bonds. The molecule has 178 valence electrons. The van der Waals surface area contributed by atoms with Crippen LogP contribution in [0.2, 0.25) is 0 Å². The van der Waals surface area contributed by atoms with E-state index in [2.05, 4.69) is 25.5 Å². The van der Waals surface area contributed by atoms with E-state index in [-0.39, 0.29) is 12.7 Å². The Hall–Kier alpha value is -3.66. The fourth-order valence-electron chi connectivity index (χ4n) is 4.23. The highest BCUT2D eigenvalue weighted by atomic mass is 16.7. The van der Waals surface area contributed by atoms with E-state index in [1.54, 1.807) is 4.68 Å². The molecule has 2 aliphatic heterocycles. The van der Waals surface area contributed by atoms with Gasteiger partial charge >= 0.3 is 0 Å². The Kier molecular flexibility index (Phi) is 6.31. The highest BCUT2D eigenvalue weighted by molar-refractivity contribution is 5.76. The van der Waals surface area contributed by atoms with Gasteiger partial charge in [0.05, 0.1) is 18.9 Å². The summed E-state index contributed by atoms with van der Waals surface area (Å²) in [7, 11) is 0. The molecule has 0 spiro atoms. The molecule has 10 heteroatoms. The SMILES string of the molecule is Cc1nn(-c2ccc(N3CCOCC3)nn2)c(C)c1CCC(=O)NCc1ccc2c(c1)OCO2. The summed E-state index contributed by atoms with van der Waals surface area (Å²) in [6.07, 6.45) is 0.976. The molecule has 3 aromatic rings. The van der Waals surface area contributed by atoms with Gasteiger partial charge in [-0.15, -0.1) is 10.2 Å². The van der Waals surface area contributed by atoms with Crippen LogP contribution in [0.1, 0.15) is 28.9 Å². The molecule has 5 rings (SSSR count). The number of carbonyl (C=O) groups excluding carboxylic acids is 1. The van der Waals surface area contributed by atoms with Gasteiger partial charge in [0, 0.05) is 31.7 Å². The van der Waals surface area contributed by atoms with Crippen LogP contribution in [0.4, 0.5) is 5.82 Å². The number of carbonyl (C=O) groups is 1. The Bertz CT molecular complexity index is 1170. The topological polar surface area (TPSA) is 104 Å². The molecule has 2 aromatic heterocycles. The summed E-state index contributed by atoms with van der Waals surface area (Å²) in [5.74, 6) is 2.94. The lowest BCUT2D eigenvalue weighted by Gasteiger charge is -2.27. The second-order valence-corrected chi connectivity index (χ2v) is 8.37. The molecule has 1 N–H and O–H groups in total. The van der Waals surface area contributed by atoms with Crippen LogP contribution in [-0.2, 0) is 22.5 Å². The van der Waals surface area contributed by atoms with E-state index in [0.29, 0.717) is 44.2 Å². The van der Waals surface area contributed by atoms with Crippen LogP contribution in [0.25, 0.3) is 5.82 Å². The number of rotatable bonds is 7. The number of hydrogen-bond acceptors (Lipinski definition) is 8. The smallest absolute Gasteiger partial charge is 0.231 e. The maximum atomic E-state index is 12.5. The highest BCUT2D eigenvalue weighted by Gasteiger charge is 2.18. The van der Waals surface area contributed by atoms with Gasteiger partial charge in [0.25, 0.3) is 0 Å². The van der Waals surface area contributed by atoms with Crippen LogP contribution in [0.5, 0.6) is 11.5 Å². The Labute approximate surface area is 197 Å². The van der Waals surface area contributed by atoms with Gasteiger partial charge in [-0.3, -0.25) is 4.79 Å². The monoisotopic (exact) mass is 464 g/mol. The lowest BCUT2D eigenvalue weighted by molar-refractivity contribution is -0.121. The number of fused-ring (bicyclic) bond motifs is 1.